The van der Waals surface area contributed by atoms with E-state index in [-0.39, 0.29) is 18.7 Å². The Balaban J connectivity index is 1.86. The molecule has 6 nitrogen and oxygen atoms in total. The van der Waals surface area contributed by atoms with Gasteiger partial charge in [-0.3, -0.25) is 9.59 Å². The van der Waals surface area contributed by atoms with E-state index in [9.17, 15) is 18.8 Å². The van der Waals surface area contributed by atoms with Crippen molar-refractivity contribution in [1.82, 2.24) is 5.32 Å². The molecule has 7 heteroatoms. The molecule has 0 heterocycles. The van der Waals surface area contributed by atoms with Gasteiger partial charge in [0.05, 0.1) is 18.7 Å². The fourth-order valence-electron chi connectivity index (χ4n) is 2.00. The Morgan fingerprint density at radius 1 is 1.04 bits per heavy atom. The van der Waals surface area contributed by atoms with Crippen LogP contribution in [0.1, 0.15) is 27.6 Å². The minimum atomic E-state index is -0.549. The zero-order valence-corrected chi connectivity index (χ0v) is 13.5. The van der Waals surface area contributed by atoms with Crippen LogP contribution < -0.4 is 10.6 Å². The second-order valence-electron chi connectivity index (χ2n) is 5.04. The SMILES string of the molecule is CCOC(=O)c1ccc(NC(=O)CNC(=O)c2cccc(F)c2)cc1. The average Bonchev–Trinajstić information content (AvgIpc) is 2.60. The van der Waals surface area contributed by atoms with Gasteiger partial charge in [-0.2, -0.15) is 0 Å². The van der Waals surface area contributed by atoms with E-state index in [1.165, 1.54) is 30.3 Å². The molecule has 2 aromatic rings. The van der Waals surface area contributed by atoms with E-state index in [4.69, 9.17) is 4.74 Å². The fraction of sp³-hybridized carbons (Fsp3) is 0.167. The molecule has 2 aromatic carbocycles. The van der Waals surface area contributed by atoms with Gasteiger partial charge in [0.25, 0.3) is 5.91 Å². The number of ether oxygens (including phenoxy) is 1. The highest BCUT2D eigenvalue weighted by molar-refractivity contribution is 5.99. The smallest absolute Gasteiger partial charge is 0.338 e. The van der Waals surface area contributed by atoms with Gasteiger partial charge in [0.1, 0.15) is 5.82 Å². The van der Waals surface area contributed by atoms with Gasteiger partial charge >= 0.3 is 5.97 Å². The number of esters is 1. The molecule has 2 amide bonds. The number of hydrogen-bond acceptors (Lipinski definition) is 4. The molecular formula is C18H17FN2O4. The van der Waals surface area contributed by atoms with Crippen LogP contribution in [0.5, 0.6) is 0 Å². The highest BCUT2D eigenvalue weighted by Crippen LogP contribution is 2.10. The van der Waals surface area contributed by atoms with Crippen molar-refractivity contribution >= 4 is 23.5 Å². The van der Waals surface area contributed by atoms with E-state index in [0.717, 1.165) is 6.07 Å². The molecule has 0 saturated carbocycles. The Kier molecular flexibility index (Phi) is 6.22. The Morgan fingerprint density at radius 3 is 2.40 bits per heavy atom. The first-order chi connectivity index (χ1) is 12.0. The van der Waals surface area contributed by atoms with Crippen LogP contribution in [0.2, 0.25) is 0 Å². The topological polar surface area (TPSA) is 84.5 Å². The summed E-state index contributed by atoms with van der Waals surface area (Å²) in [6.45, 7) is 1.72. The van der Waals surface area contributed by atoms with E-state index in [2.05, 4.69) is 10.6 Å². The van der Waals surface area contributed by atoms with Gasteiger partial charge in [-0.15, -0.1) is 0 Å². The second kappa shape index (κ2) is 8.58. The molecule has 0 fully saturated rings. The van der Waals surface area contributed by atoms with Gasteiger partial charge in [-0.25, -0.2) is 9.18 Å². The molecule has 2 N–H and O–H groups in total. The zero-order valence-electron chi connectivity index (χ0n) is 13.5. The molecule has 0 bridgehead atoms. The molecule has 0 spiro atoms. The van der Waals surface area contributed by atoms with Crippen LogP contribution >= 0.6 is 0 Å². The first-order valence-corrected chi connectivity index (χ1v) is 7.60. The normalized spacial score (nSPS) is 10.0. The number of halogens is 1. The van der Waals surface area contributed by atoms with Gasteiger partial charge in [-0.1, -0.05) is 6.07 Å². The van der Waals surface area contributed by atoms with Crippen LogP contribution in [0.15, 0.2) is 48.5 Å². The van der Waals surface area contributed by atoms with Crippen molar-refractivity contribution in [3.63, 3.8) is 0 Å². The van der Waals surface area contributed by atoms with E-state index >= 15 is 0 Å². The van der Waals surface area contributed by atoms with Crippen molar-refractivity contribution in [3.8, 4) is 0 Å². The molecule has 25 heavy (non-hydrogen) atoms. The van der Waals surface area contributed by atoms with Crippen molar-refractivity contribution in [1.29, 1.82) is 0 Å². The Labute approximate surface area is 144 Å². The van der Waals surface area contributed by atoms with Crippen LogP contribution in [-0.2, 0) is 9.53 Å². The number of hydrogen-bond donors (Lipinski definition) is 2. The lowest BCUT2D eigenvalue weighted by molar-refractivity contribution is -0.115. The minimum Gasteiger partial charge on any atom is -0.462 e. The van der Waals surface area contributed by atoms with E-state index < -0.39 is 23.6 Å². The summed E-state index contributed by atoms with van der Waals surface area (Å²) in [5.74, 6) is -1.97. The van der Waals surface area contributed by atoms with E-state index in [0.29, 0.717) is 11.3 Å². The number of amides is 2. The predicted molar refractivity (Wildman–Crippen MR) is 89.8 cm³/mol. The summed E-state index contributed by atoms with van der Waals surface area (Å²) in [6.07, 6.45) is 0. The molecular weight excluding hydrogens is 327 g/mol. The third-order valence-electron chi connectivity index (χ3n) is 3.18. The first-order valence-electron chi connectivity index (χ1n) is 7.60. The van der Waals surface area contributed by atoms with Crippen molar-refractivity contribution in [2.75, 3.05) is 18.5 Å². The summed E-state index contributed by atoms with van der Waals surface area (Å²) in [5.41, 5.74) is 0.976. The van der Waals surface area contributed by atoms with Crippen LogP contribution in [0.3, 0.4) is 0 Å². The Morgan fingerprint density at radius 2 is 1.76 bits per heavy atom. The lowest BCUT2D eigenvalue weighted by atomic mass is 10.2. The Bertz CT molecular complexity index is 775. The number of nitrogens with one attached hydrogen (secondary N) is 2. The molecule has 0 aliphatic carbocycles. The molecule has 130 valence electrons. The highest BCUT2D eigenvalue weighted by Gasteiger charge is 2.10. The lowest BCUT2D eigenvalue weighted by Gasteiger charge is -2.08. The zero-order chi connectivity index (χ0) is 18.2. The second-order valence-corrected chi connectivity index (χ2v) is 5.04. The Hall–Kier alpha value is -3.22. The summed E-state index contributed by atoms with van der Waals surface area (Å²) in [4.78, 5) is 35.2. The first kappa shape index (κ1) is 18.1. The van der Waals surface area contributed by atoms with Gasteiger partial charge in [0, 0.05) is 11.3 Å². The number of rotatable bonds is 6. The van der Waals surface area contributed by atoms with Gasteiger partial charge in [0.2, 0.25) is 5.91 Å². The molecule has 0 saturated heterocycles. The summed E-state index contributed by atoms with van der Waals surface area (Å²) in [6, 6.07) is 11.3. The summed E-state index contributed by atoms with van der Waals surface area (Å²) in [7, 11) is 0. The van der Waals surface area contributed by atoms with Crippen LogP contribution in [0.25, 0.3) is 0 Å². The van der Waals surface area contributed by atoms with Crippen LogP contribution in [0, 0.1) is 5.82 Å². The fourth-order valence-corrected chi connectivity index (χ4v) is 2.00. The average molecular weight is 344 g/mol. The molecule has 0 radical (unpaired) electrons. The van der Waals surface area contributed by atoms with Crippen LogP contribution in [0.4, 0.5) is 10.1 Å². The maximum atomic E-state index is 13.1. The number of carbonyl (C=O) groups excluding carboxylic acids is 3. The number of carbonyl (C=O) groups is 3. The van der Waals surface area contributed by atoms with Crippen molar-refractivity contribution in [2.24, 2.45) is 0 Å². The monoisotopic (exact) mass is 344 g/mol. The van der Waals surface area contributed by atoms with Crippen molar-refractivity contribution in [2.45, 2.75) is 6.92 Å². The molecule has 0 aliphatic heterocycles. The molecule has 0 aliphatic rings. The predicted octanol–water partition coefficient (Wildman–Crippen LogP) is 2.37. The van der Waals surface area contributed by atoms with E-state index in [1.54, 1.807) is 19.1 Å². The summed E-state index contributed by atoms with van der Waals surface area (Å²) < 4.78 is 17.9. The third-order valence-corrected chi connectivity index (χ3v) is 3.18. The van der Waals surface area contributed by atoms with Gasteiger partial charge < -0.3 is 15.4 Å². The quantitative estimate of drug-likeness (QED) is 0.788. The summed E-state index contributed by atoms with van der Waals surface area (Å²) in [5, 5.41) is 4.98. The third kappa shape index (κ3) is 5.42. The molecule has 0 aromatic heterocycles. The maximum Gasteiger partial charge on any atom is 0.338 e. The number of anilines is 1. The molecule has 0 atom stereocenters. The standard InChI is InChI=1S/C18H17FN2O4/c1-2-25-18(24)12-6-8-15(9-7-12)21-16(22)11-20-17(23)13-4-3-5-14(19)10-13/h3-10H,2,11H2,1H3,(H,20,23)(H,21,22). The van der Waals surface area contributed by atoms with Crippen LogP contribution in [-0.4, -0.2) is 30.9 Å². The highest BCUT2D eigenvalue weighted by atomic mass is 19.1. The van der Waals surface area contributed by atoms with Gasteiger partial charge in [-0.05, 0) is 49.4 Å². The largest absolute Gasteiger partial charge is 0.462 e. The van der Waals surface area contributed by atoms with E-state index in [1.807, 2.05) is 0 Å². The van der Waals surface area contributed by atoms with Crippen molar-refractivity contribution in [3.05, 3.63) is 65.5 Å². The number of benzene rings is 2. The van der Waals surface area contributed by atoms with Gasteiger partial charge in [0.15, 0.2) is 0 Å². The minimum absolute atomic E-state index is 0.131. The molecule has 2 rings (SSSR count). The molecule has 0 unspecified atom stereocenters. The van der Waals surface area contributed by atoms with Crippen molar-refractivity contribution < 1.29 is 23.5 Å². The lowest BCUT2D eigenvalue weighted by Crippen LogP contribution is -2.32. The maximum absolute atomic E-state index is 13.1. The summed E-state index contributed by atoms with van der Waals surface area (Å²) >= 11 is 0.